The van der Waals surface area contributed by atoms with Crippen molar-refractivity contribution < 1.29 is 9.18 Å². The number of nitrogens with zero attached hydrogens (tertiary/aromatic N) is 2. The first-order chi connectivity index (χ1) is 14.6. The minimum absolute atomic E-state index is 0. The Morgan fingerprint density at radius 3 is 2.28 bits per heavy atom. The second kappa shape index (κ2) is 12.7. The molecular formula is C25H33Cl2FN2OS. The minimum Gasteiger partial charge on any atom is -0.343 e. The van der Waals surface area contributed by atoms with E-state index in [1.54, 1.807) is 23.5 Å². The number of hydrogen-bond donors (Lipinski definition) is 0. The van der Waals surface area contributed by atoms with Crippen LogP contribution >= 0.6 is 36.2 Å². The van der Waals surface area contributed by atoms with E-state index in [0.29, 0.717) is 12.3 Å². The third kappa shape index (κ3) is 6.80. The Balaban J connectivity index is 0.00000181. The molecule has 32 heavy (non-hydrogen) atoms. The number of amides is 1. The highest BCUT2D eigenvalue weighted by atomic mass is 35.5. The molecule has 3 heterocycles. The van der Waals surface area contributed by atoms with E-state index in [4.69, 9.17) is 0 Å². The second-order valence-electron chi connectivity index (χ2n) is 8.51. The molecule has 4 rings (SSSR count). The first kappa shape index (κ1) is 26.8. The SMILES string of the molecule is Cc1csc(C(=C2CCN(CCCC(=O)N3CCCC3)CC2)c2ccc(F)cc2)c1.Cl.Cl. The number of piperidine rings is 1. The Morgan fingerprint density at radius 2 is 1.69 bits per heavy atom. The zero-order valence-electron chi connectivity index (χ0n) is 18.6. The number of carbonyl (C=O) groups is 1. The molecular weight excluding hydrogens is 466 g/mol. The quantitative estimate of drug-likeness (QED) is 0.463. The van der Waals surface area contributed by atoms with Crippen molar-refractivity contribution in [2.75, 3.05) is 32.7 Å². The van der Waals surface area contributed by atoms with Crippen molar-refractivity contribution in [1.29, 1.82) is 0 Å². The van der Waals surface area contributed by atoms with Crippen LogP contribution in [-0.2, 0) is 4.79 Å². The Morgan fingerprint density at radius 1 is 1.03 bits per heavy atom. The number of halogens is 3. The highest BCUT2D eigenvalue weighted by Crippen LogP contribution is 2.35. The third-order valence-electron chi connectivity index (χ3n) is 6.25. The second-order valence-corrected chi connectivity index (χ2v) is 9.42. The summed E-state index contributed by atoms with van der Waals surface area (Å²) in [5.74, 6) is 0.139. The van der Waals surface area contributed by atoms with Gasteiger partial charge in [-0.05, 0) is 85.9 Å². The maximum Gasteiger partial charge on any atom is 0.222 e. The van der Waals surface area contributed by atoms with Crippen molar-refractivity contribution in [3.63, 3.8) is 0 Å². The summed E-state index contributed by atoms with van der Waals surface area (Å²) in [5.41, 5.74) is 5.14. The molecule has 0 spiro atoms. The Kier molecular flexibility index (Phi) is 10.7. The lowest BCUT2D eigenvalue weighted by Gasteiger charge is -2.30. The summed E-state index contributed by atoms with van der Waals surface area (Å²) in [6.45, 7) is 7.08. The van der Waals surface area contributed by atoms with Gasteiger partial charge in [-0.15, -0.1) is 36.2 Å². The molecule has 0 saturated carbocycles. The molecule has 1 amide bonds. The van der Waals surface area contributed by atoms with E-state index in [1.807, 2.05) is 17.0 Å². The summed E-state index contributed by atoms with van der Waals surface area (Å²) in [6, 6.07) is 9.17. The van der Waals surface area contributed by atoms with Crippen molar-refractivity contribution in [3.05, 3.63) is 63.1 Å². The van der Waals surface area contributed by atoms with E-state index in [2.05, 4.69) is 23.3 Å². The van der Waals surface area contributed by atoms with E-state index in [-0.39, 0.29) is 30.6 Å². The molecule has 0 aliphatic carbocycles. The fourth-order valence-corrected chi connectivity index (χ4v) is 5.59. The van der Waals surface area contributed by atoms with Crippen molar-refractivity contribution in [1.82, 2.24) is 9.80 Å². The van der Waals surface area contributed by atoms with Crippen molar-refractivity contribution in [3.8, 4) is 0 Å². The van der Waals surface area contributed by atoms with Gasteiger partial charge in [-0.3, -0.25) is 4.79 Å². The van der Waals surface area contributed by atoms with Crippen LogP contribution in [0.4, 0.5) is 4.39 Å². The predicted octanol–water partition coefficient (Wildman–Crippen LogP) is 6.34. The van der Waals surface area contributed by atoms with Crippen LogP contribution in [0.25, 0.3) is 5.57 Å². The monoisotopic (exact) mass is 498 g/mol. The number of aryl methyl sites for hydroxylation is 1. The van der Waals surface area contributed by atoms with Gasteiger partial charge < -0.3 is 9.80 Å². The average Bonchev–Trinajstić information content (AvgIpc) is 3.43. The fraction of sp³-hybridized carbons (Fsp3) is 0.480. The topological polar surface area (TPSA) is 23.6 Å². The van der Waals surface area contributed by atoms with Crippen LogP contribution in [0, 0.1) is 12.7 Å². The molecule has 2 aliphatic rings. The van der Waals surface area contributed by atoms with Gasteiger partial charge in [-0.25, -0.2) is 4.39 Å². The number of likely N-dealkylation sites (tertiary alicyclic amines) is 2. The molecule has 2 saturated heterocycles. The molecule has 0 atom stereocenters. The minimum atomic E-state index is -0.191. The number of hydrogen-bond acceptors (Lipinski definition) is 3. The molecule has 0 radical (unpaired) electrons. The largest absolute Gasteiger partial charge is 0.343 e. The lowest BCUT2D eigenvalue weighted by molar-refractivity contribution is -0.130. The summed E-state index contributed by atoms with van der Waals surface area (Å²) in [4.78, 5) is 18.0. The molecule has 176 valence electrons. The van der Waals surface area contributed by atoms with E-state index in [0.717, 1.165) is 70.4 Å². The van der Waals surface area contributed by atoms with Crippen molar-refractivity contribution >= 4 is 47.6 Å². The average molecular weight is 500 g/mol. The molecule has 0 bridgehead atoms. The molecule has 0 unspecified atom stereocenters. The molecule has 0 N–H and O–H groups in total. The van der Waals surface area contributed by atoms with Gasteiger partial charge in [0.15, 0.2) is 0 Å². The molecule has 7 heteroatoms. The van der Waals surface area contributed by atoms with Gasteiger partial charge in [0.2, 0.25) is 5.91 Å². The Bertz CT molecular complexity index is 897. The van der Waals surface area contributed by atoms with Gasteiger partial charge in [0.1, 0.15) is 5.82 Å². The fourth-order valence-electron chi connectivity index (χ4n) is 4.57. The van der Waals surface area contributed by atoms with Crippen LogP contribution in [0.1, 0.15) is 54.5 Å². The number of thiophene rings is 1. The molecule has 2 aliphatic heterocycles. The van der Waals surface area contributed by atoms with Gasteiger partial charge in [-0.2, -0.15) is 0 Å². The van der Waals surface area contributed by atoms with Gasteiger partial charge in [0.25, 0.3) is 0 Å². The van der Waals surface area contributed by atoms with Crippen LogP contribution in [0.15, 0.2) is 41.3 Å². The van der Waals surface area contributed by atoms with Crippen LogP contribution in [-0.4, -0.2) is 48.4 Å². The van der Waals surface area contributed by atoms with E-state index < -0.39 is 0 Å². The van der Waals surface area contributed by atoms with Crippen LogP contribution in [0.2, 0.25) is 0 Å². The van der Waals surface area contributed by atoms with Crippen LogP contribution < -0.4 is 0 Å². The van der Waals surface area contributed by atoms with Crippen LogP contribution in [0.5, 0.6) is 0 Å². The zero-order valence-corrected chi connectivity index (χ0v) is 21.1. The van der Waals surface area contributed by atoms with Crippen molar-refractivity contribution in [2.24, 2.45) is 0 Å². The molecule has 1 aromatic carbocycles. The van der Waals surface area contributed by atoms with Crippen LogP contribution in [0.3, 0.4) is 0 Å². The summed E-state index contributed by atoms with van der Waals surface area (Å²) in [6.07, 6.45) is 6.01. The van der Waals surface area contributed by atoms with Gasteiger partial charge >= 0.3 is 0 Å². The Hall–Kier alpha value is -1.40. The van der Waals surface area contributed by atoms with E-state index in [9.17, 15) is 9.18 Å². The number of rotatable bonds is 6. The van der Waals surface area contributed by atoms with E-state index in [1.165, 1.54) is 21.6 Å². The first-order valence-corrected chi connectivity index (χ1v) is 12.0. The molecule has 2 aromatic rings. The zero-order chi connectivity index (χ0) is 20.9. The lowest BCUT2D eigenvalue weighted by Crippen LogP contribution is -2.33. The summed E-state index contributed by atoms with van der Waals surface area (Å²) >= 11 is 1.77. The highest BCUT2D eigenvalue weighted by molar-refractivity contribution is 7.11. The normalized spacial score (nSPS) is 16.4. The third-order valence-corrected chi connectivity index (χ3v) is 7.31. The maximum absolute atomic E-state index is 13.5. The smallest absolute Gasteiger partial charge is 0.222 e. The maximum atomic E-state index is 13.5. The predicted molar refractivity (Wildman–Crippen MR) is 137 cm³/mol. The molecule has 2 fully saturated rings. The van der Waals surface area contributed by atoms with Gasteiger partial charge in [-0.1, -0.05) is 17.7 Å². The summed E-state index contributed by atoms with van der Waals surface area (Å²) < 4.78 is 13.5. The number of carbonyl (C=O) groups excluding carboxylic acids is 1. The van der Waals surface area contributed by atoms with E-state index >= 15 is 0 Å². The standard InChI is InChI=1S/C25H31FN2OS.2ClH/c1-19-17-23(30-18-19)25(20-6-8-22(26)9-7-20)21-10-15-27(16-11-21)12-4-5-24(29)28-13-2-3-14-28;;/h6-9,17-18H,2-5,10-16H2,1H3;2*1H. The summed E-state index contributed by atoms with van der Waals surface area (Å²) in [5, 5.41) is 2.19. The molecule has 3 nitrogen and oxygen atoms in total. The summed E-state index contributed by atoms with van der Waals surface area (Å²) in [7, 11) is 0. The lowest BCUT2D eigenvalue weighted by atomic mass is 9.91. The Labute approximate surface area is 207 Å². The highest BCUT2D eigenvalue weighted by Gasteiger charge is 2.21. The first-order valence-electron chi connectivity index (χ1n) is 11.1. The van der Waals surface area contributed by atoms with Crippen molar-refractivity contribution in [2.45, 2.75) is 45.4 Å². The molecule has 1 aromatic heterocycles. The van der Waals surface area contributed by atoms with Gasteiger partial charge in [0.05, 0.1) is 0 Å². The number of benzene rings is 1. The van der Waals surface area contributed by atoms with Gasteiger partial charge in [0, 0.05) is 37.5 Å².